The third-order valence-electron chi connectivity index (χ3n) is 3.76. The molecule has 0 atom stereocenters. The van der Waals surface area contributed by atoms with Crippen LogP contribution in [0.2, 0.25) is 5.02 Å². The van der Waals surface area contributed by atoms with Crippen LogP contribution in [0.1, 0.15) is 23.0 Å². The molecule has 0 saturated heterocycles. The first-order valence-corrected chi connectivity index (χ1v) is 8.84. The summed E-state index contributed by atoms with van der Waals surface area (Å²) in [7, 11) is 0. The molecule has 3 N–H and O–H groups in total. The third kappa shape index (κ3) is 5.05. The molecule has 0 saturated carbocycles. The van der Waals surface area contributed by atoms with Gasteiger partial charge in [-0.1, -0.05) is 17.7 Å². The molecule has 0 spiro atoms. The minimum Gasteiger partial charge on any atom is -0.326 e. The van der Waals surface area contributed by atoms with Crippen molar-refractivity contribution >= 4 is 46.4 Å². The number of hydrogen-bond acceptors (Lipinski definition) is 5. The molecule has 7 nitrogen and oxygen atoms in total. The van der Waals surface area contributed by atoms with Crippen molar-refractivity contribution < 1.29 is 9.59 Å². The molecular formula is C20H18ClN5O2. The van der Waals surface area contributed by atoms with E-state index in [-0.39, 0.29) is 11.6 Å². The quantitative estimate of drug-likeness (QED) is 0.595. The summed E-state index contributed by atoms with van der Waals surface area (Å²) in [6.07, 6.45) is 1.50. The lowest BCUT2D eigenvalue weighted by Gasteiger charge is -2.10. The number of rotatable bonds is 5. The van der Waals surface area contributed by atoms with Crippen LogP contribution in [0.25, 0.3) is 0 Å². The van der Waals surface area contributed by atoms with E-state index >= 15 is 0 Å². The van der Waals surface area contributed by atoms with E-state index in [0.29, 0.717) is 22.3 Å². The van der Waals surface area contributed by atoms with E-state index in [1.165, 1.54) is 19.2 Å². The molecule has 1 aromatic heterocycles. The number of carbonyl (C=O) groups excluding carboxylic acids is 2. The Balaban J connectivity index is 1.74. The maximum atomic E-state index is 12.5. The maximum Gasteiger partial charge on any atom is 0.274 e. The first-order chi connectivity index (χ1) is 13.4. The average molecular weight is 396 g/mol. The van der Waals surface area contributed by atoms with Crippen LogP contribution in [0.3, 0.4) is 0 Å². The Bertz CT molecular complexity index is 1040. The molecular weight excluding hydrogens is 378 g/mol. The summed E-state index contributed by atoms with van der Waals surface area (Å²) in [6.45, 7) is 3.33. The average Bonchev–Trinajstić information content (AvgIpc) is 2.64. The number of benzene rings is 2. The van der Waals surface area contributed by atoms with Crippen LogP contribution in [-0.4, -0.2) is 21.8 Å². The second-order valence-corrected chi connectivity index (χ2v) is 6.50. The van der Waals surface area contributed by atoms with Gasteiger partial charge in [0.2, 0.25) is 11.9 Å². The fourth-order valence-corrected chi connectivity index (χ4v) is 2.73. The molecule has 2 amide bonds. The summed E-state index contributed by atoms with van der Waals surface area (Å²) in [5.74, 6) is -0.282. The summed E-state index contributed by atoms with van der Waals surface area (Å²) in [5, 5.41) is 9.14. The summed E-state index contributed by atoms with van der Waals surface area (Å²) < 4.78 is 0. The smallest absolute Gasteiger partial charge is 0.274 e. The predicted octanol–water partition coefficient (Wildman–Crippen LogP) is 4.39. The van der Waals surface area contributed by atoms with Crippen LogP contribution in [0.5, 0.6) is 0 Å². The maximum absolute atomic E-state index is 12.5. The van der Waals surface area contributed by atoms with Crippen molar-refractivity contribution in [2.24, 2.45) is 0 Å². The fraction of sp³-hybridized carbons (Fsp3) is 0.100. The zero-order valence-electron chi connectivity index (χ0n) is 15.3. The van der Waals surface area contributed by atoms with E-state index in [1.54, 1.807) is 30.3 Å². The first kappa shape index (κ1) is 19.3. The Morgan fingerprint density at radius 1 is 1.00 bits per heavy atom. The van der Waals surface area contributed by atoms with E-state index in [9.17, 15) is 9.59 Å². The highest BCUT2D eigenvalue weighted by atomic mass is 35.5. The zero-order chi connectivity index (χ0) is 20.1. The van der Waals surface area contributed by atoms with Crippen molar-refractivity contribution in [1.29, 1.82) is 0 Å². The van der Waals surface area contributed by atoms with Gasteiger partial charge >= 0.3 is 0 Å². The minimum atomic E-state index is -0.391. The van der Waals surface area contributed by atoms with E-state index in [2.05, 4.69) is 25.9 Å². The van der Waals surface area contributed by atoms with Gasteiger partial charge in [-0.3, -0.25) is 9.59 Å². The van der Waals surface area contributed by atoms with Crippen LogP contribution >= 0.6 is 11.6 Å². The first-order valence-electron chi connectivity index (χ1n) is 8.46. The van der Waals surface area contributed by atoms with Crippen LogP contribution in [0.15, 0.2) is 54.7 Å². The highest BCUT2D eigenvalue weighted by Crippen LogP contribution is 2.22. The van der Waals surface area contributed by atoms with Gasteiger partial charge in [0.05, 0.1) is 0 Å². The molecule has 2 aromatic carbocycles. The van der Waals surface area contributed by atoms with Gasteiger partial charge in [0, 0.05) is 35.2 Å². The van der Waals surface area contributed by atoms with Gasteiger partial charge < -0.3 is 16.0 Å². The Hall–Kier alpha value is -3.45. The summed E-state index contributed by atoms with van der Waals surface area (Å²) in [6, 6.07) is 13.8. The summed E-state index contributed by atoms with van der Waals surface area (Å²) in [4.78, 5) is 32.1. The molecule has 0 fully saturated rings. The number of nitrogens with one attached hydrogen (secondary N) is 3. The Labute approximate surface area is 167 Å². The molecule has 3 aromatic rings. The Morgan fingerprint density at radius 3 is 2.46 bits per heavy atom. The van der Waals surface area contributed by atoms with Crippen molar-refractivity contribution in [1.82, 2.24) is 9.97 Å². The molecule has 28 heavy (non-hydrogen) atoms. The molecule has 0 bridgehead atoms. The number of carbonyl (C=O) groups is 2. The van der Waals surface area contributed by atoms with Gasteiger partial charge in [0.1, 0.15) is 5.69 Å². The van der Waals surface area contributed by atoms with Gasteiger partial charge in [-0.2, -0.15) is 0 Å². The van der Waals surface area contributed by atoms with Crippen molar-refractivity contribution in [2.45, 2.75) is 13.8 Å². The summed E-state index contributed by atoms with van der Waals surface area (Å²) in [5.41, 5.74) is 3.06. The van der Waals surface area contributed by atoms with E-state index in [1.807, 2.05) is 19.1 Å². The molecule has 3 rings (SSSR count). The van der Waals surface area contributed by atoms with Gasteiger partial charge in [-0.15, -0.1) is 0 Å². The van der Waals surface area contributed by atoms with Crippen molar-refractivity contribution in [3.63, 3.8) is 0 Å². The lowest BCUT2D eigenvalue weighted by Crippen LogP contribution is -2.15. The second kappa shape index (κ2) is 8.49. The standard InChI is InChI=1S/C20H18ClN5O2/c1-12-10-14(21)6-7-17(12)25-20-22-9-8-18(26-20)19(28)24-16-5-3-4-15(11-16)23-13(2)27/h3-11H,1-2H3,(H,23,27)(H,24,28)(H,22,25,26). The molecule has 8 heteroatoms. The van der Waals surface area contributed by atoms with Crippen LogP contribution in [-0.2, 0) is 4.79 Å². The van der Waals surface area contributed by atoms with Crippen LogP contribution in [0.4, 0.5) is 23.0 Å². The SMILES string of the molecule is CC(=O)Nc1cccc(NC(=O)c2ccnc(Nc3ccc(Cl)cc3C)n2)c1. The largest absolute Gasteiger partial charge is 0.326 e. The predicted molar refractivity (Wildman–Crippen MR) is 110 cm³/mol. The van der Waals surface area contributed by atoms with Gasteiger partial charge in [-0.25, -0.2) is 9.97 Å². The van der Waals surface area contributed by atoms with Crippen molar-refractivity contribution in [3.8, 4) is 0 Å². The van der Waals surface area contributed by atoms with E-state index < -0.39 is 5.91 Å². The molecule has 0 unspecified atom stereocenters. The van der Waals surface area contributed by atoms with Crippen molar-refractivity contribution in [2.75, 3.05) is 16.0 Å². The number of aromatic nitrogens is 2. The van der Waals surface area contributed by atoms with Crippen molar-refractivity contribution in [3.05, 3.63) is 71.0 Å². The second-order valence-electron chi connectivity index (χ2n) is 6.07. The number of amides is 2. The molecule has 0 aliphatic rings. The number of aryl methyl sites for hydroxylation is 1. The molecule has 1 heterocycles. The monoisotopic (exact) mass is 395 g/mol. The molecule has 0 radical (unpaired) electrons. The number of anilines is 4. The number of halogens is 1. The van der Waals surface area contributed by atoms with E-state index in [0.717, 1.165) is 11.3 Å². The lowest BCUT2D eigenvalue weighted by molar-refractivity contribution is -0.114. The summed E-state index contributed by atoms with van der Waals surface area (Å²) >= 11 is 5.97. The highest BCUT2D eigenvalue weighted by molar-refractivity contribution is 6.30. The normalized spacial score (nSPS) is 10.2. The van der Waals surface area contributed by atoms with Gasteiger partial charge in [-0.05, 0) is 55.0 Å². The number of hydrogen-bond donors (Lipinski definition) is 3. The molecule has 0 aliphatic heterocycles. The van der Waals surface area contributed by atoms with Gasteiger partial charge in [0.25, 0.3) is 5.91 Å². The zero-order valence-corrected chi connectivity index (χ0v) is 16.0. The highest BCUT2D eigenvalue weighted by Gasteiger charge is 2.11. The van der Waals surface area contributed by atoms with Crippen LogP contribution < -0.4 is 16.0 Å². The third-order valence-corrected chi connectivity index (χ3v) is 4.00. The topological polar surface area (TPSA) is 96.0 Å². The van der Waals surface area contributed by atoms with Gasteiger partial charge in [0.15, 0.2) is 0 Å². The Morgan fingerprint density at radius 2 is 1.75 bits per heavy atom. The molecule has 0 aliphatic carbocycles. The fourth-order valence-electron chi connectivity index (χ4n) is 2.51. The van der Waals surface area contributed by atoms with E-state index in [4.69, 9.17) is 11.6 Å². The molecule has 142 valence electrons. The minimum absolute atomic E-state index is 0.188. The van der Waals surface area contributed by atoms with Crippen LogP contribution in [0, 0.1) is 6.92 Å². The Kier molecular flexibility index (Phi) is 5.86. The lowest BCUT2D eigenvalue weighted by atomic mass is 10.2. The number of nitrogens with zero attached hydrogens (tertiary/aromatic N) is 2.